The second-order valence-electron chi connectivity index (χ2n) is 4.23. The van der Waals surface area contributed by atoms with E-state index in [9.17, 15) is 19.2 Å². The van der Waals surface area contributed by atoms with E-state index >= 15 is 0 Å². The van der Waals surface area contributed by atoms with E-state index in [-0.39, 0.29) is 29.8 Å². The molecule has 0 N–H and O–H groups in total. The van der Waals surface area contributed by atoms with Crippen molar-refractivity contribution >= 4 is 33.8 Å². The minimum absolute atomic E-state index is 0.166. The van der Waals surface area contributed by atoms with E-state index in [4.69, 9.17) is 0 Å². The van der Waals surface area contributed by atoms with Crippen molar-refractivity contribution in [2.75, 3.05) is 0 Å². The van der Waals surface area contributed by atoms with Crippen LogP contribution in [-0.2, 0) is 19.2 Å². The molecule has 0 aliphatic carbocycles. The fourth-order valence-electron chi connectivity index (χ4n) is 1.90. The number of hydrogen-bond donors (Lipinski definition) is 0. The van der Waals surface area contributed by atoms with E-state index in [1.807, 2.05) is 6.92 Å². The molecule has 0 aromatic heterocycles. The molecule has 1 atom stereocenters. The molecule has 18 heavy (non-hydrogen) atoms. The zero-order chi connectivity index (χ0) is 13.7. The average Bonchev–Trinajstić information content (AvgIpc) is 2.60. The number of carbonyl (C=O) groups excluding carboxylic acids is 4. The first kappa shape index (κ1) is 14.9. The largest absolute Gasteiger partial charge is 0.287 e. The summed E-state index contributed by atoms with van der Waals surface area (Å²) in [5, 5.41) is -0.722. The van der Waals surface area contributed by atoms with Crippen molar-refractivity contribution in [1.82, 2.24) is 4.90 Å². The van der Waals surface area contributed by atoms with Crippen LogP contribution in [0.4, 0.5) is 0 Å². The van der Waals surface area contributed by atoms with Gasteiger partial charge in [-0.15, -0.1) is 0 Å². The number of imide groups is 1. The van der Waals surface area contributed by atoms with Crippen LogP contribution in [0.25, 0.3) is 0 Å². The first-order chi connectivity index (χ1) is 8.47. The molecule has 0 radical (unpaired) electrons. The molecule has 0 bridgehead atoms. The summed E-state index contributed by atoms with van der Waals surface area (Å²) in [5.41, 5.74) is 0. The van der Waals surface area contributed by atoms with Crippen LogP contribution in [0.2, 0.25) is 0 Å². The molecular weight excluding hydrogens is 254 g/mol. The van der Waals surface area contributed by atoms with E-state index in [1.165, 1.54) is 6.92 Å². The monoisotopic (exact) mass is 271 g/mol. The Balaban J connectivity index is 2.82. The zero-order valence-electron chi connectivity index (χ0n) is 10.6. The first-order valence-corrected chi connectivity index (χ1v) is 6.86. The SMILES string of the molecule is CCCC[C@H](C(=O)SC(C)=O)N1C(=O)CCC1=O. The Morgan fingerprint density at radius 3 is 2.28 bits per heavy atom. The van der Waals surface area contributed by atoms with Crippen molar-refractivity contribution in [1.29, 1.82) is 0 Å². The molecule has 1 fully saturated rings. The minimum Gasteiger partial charge on any atom is -0.287 e. The fourth-order valence-corrected chi connectivity index (χ4v) is 2.54. The van der Waals surface area contributed by atoms with E-state index in [0.29, 0.717) is 18.2 Å². The van der Waals surface area contributed by atoms with Gasteiger partial charge in [-0.1, -0.05) is 19.8 Å². The Kier molecular flexibility index (Phi) is 5.53. The van der Waals surface area contributed by atoms with Crippen molar-refractivity contribution in [3.05, 3.63) is 0 Å². The molecule has 100 valence electrons. The van der Waals surface area contributed by atoms with Crippen LogP contribution in [0.15, 0.2) is 0 Å². The molecule has 6 heteroatoms. The summed E-state index contributed by atoms with van der Waals surface area (Å²) in [4.78, 5) is 47.2. The van der Waals surface area contributed by atoms with Crippen LogP contribution in [-0.4, -0.2) is 33.0 Å². The third-order valence-corrected chi connectivity index (χ3v) is 3.51. The maximum atomic E-state index is 11.9. The van der Waals surface area contributed by atoms with Crippen molar-refractivity contribution < 1.29 is 19.2 Å². The van der Waals surface area contributed by atoms with Crippen molar-refractivity contribution in [2.24, 2.45) is 0 Å². The highest BCUT2D eigenvalue weighted by Gasteiger charge is 2.38. The number of amides is 2. The van der Waals surface area contributed by atoms with E-state index in [0.717, 1.165) is 17.7 Å². The molecular formula is C12H17NO4S. The maximum absolute atomic E-state index is 11.9. The second-order valence-corrected chi connectivity index (χ2v) is 5.41. The smallest absolute Gasteiger partial charge is 0.230 e. The van der Waals surface area contributed by atoms with Crippen LogP contribution in [0.5, 0.6) is 0 Å². The summed E-state index contributed by atoms with van der Waals surface area (Å²) in [5.74, 6) is -0.614. The molecule has 0 spiro atoms. The molecule has 1 rings (SSSR count). The lowest BCUT2D eigenvalue weighted by Crippen LogP contribution is -2.43. The Hall–Kier alpha value is -1.17. The van der Waals surface area contributed by atoms with Crippen LogP contribution in [0, 0.1) is 0 Å². The number of likely N-dealkylation sites (tertiary alicyclic amines) is 1. The number of carbonyl (C=O) groups is 4. The third-order valence-electron chi connectivity index (χ3n) is 2.75. The fraction of sp³-hybridized carbons (Fsp3) is 0.667. The number of nitrogens with zero attached hydrogens (tertiary/aromatic N) is 1. The Labute approximate surface area is 110 Å². The zero-order valence-corrected chi connectivity index (χ0v) is 11.4. The van der Waals surface area contributed by atoms with E-state index in [2.05, 4.69) is 0 Å². The quantitative estimate of drug-likeness (QED) is 0.709. The summed E-state index contributed by atoms with van der Waals surface area (Å²) < 4.78 is 0. The van der Waals surface area contributed by atoms with Gasteiger partial charge in [0.1, 0.15) is 6.04 Å². The van der Waals surface area contributed by atoms with Gasteiger partial charge in [-0.2, -0.15) is 0 Å². The predicted octanol–water partition coefficient (Wildman–Crippen LogP) is 1.50. The minimum atomic E-state index is -0.777. The number of thioether (sulfide) groups is 1. The molecule has 1 aliphatic rings. The summed E-state index contributed by atoms with van der Waals surface area (Å²) in [6, 6.07) is -0.777. The summed E-state index contributed by atoms with van der Waals surface area (Å²) in [6.07, 6.45) is 2.38. The topological polar surface area (TPSA) is 71.5 Å². The highest BCUT2D eigenvalue weighted by molar-refractivity contribution is 8.26. The molecule has 0 saturated carbocycles. The standard InChI is InChI=1S/C12H17NO4S/c1-3-4-5-9(12(17)18-8(2)14)13-10(15)6-7-11(13)16/h9H,3-7H2,1-2H3/t9-/m1/s1. The van der Waals surface area contributed by atoms with Crippen LogP contribution in [0.1, 0.15) is 46.0 Å². The van der Waals surface area contributed by atoms with Crippen LogP contribution >= 0.6 is 11.8 Å². The normalized spacial score (nSPS) is 17.1. The molecule has 2 amide bonds. The number of hydrogen-bond acceptors (Lipinski definition) is 5. The van der Waals surface area contributed by atoms with Gasteiger partial charge in [0.05, 0.1) is 0 Å². The van der Waals surface area contributed by atoms with Crippen LogP contribution < -0.4 is 0 Å². The molecule has 1 saturated heterocycles. The molecule has 1 aliphatic heterocycles. The lowest BCUT2D eigenvalue weighted by Gasteiger charge is -2.24. The highest BCUT2D eigenvalue weighted by atomic mass is 32.2. The molecule has 5 nitrogen and oxygen atoms in total. The lowest BCUT2D eigenvalue weighted by atomic mass is 10.1. The van der Waals surface area contributed by atoms with E-state index < -0.39 is 11.2 Å². The van der Waals surface area contributed by atoms with Gasteiger partial charge in [0.15, 0.2) is 5.12 Å². The molecule has 0 aromatic rings. The second kappa shape index (κ2) is 6.68. The van der Waals surface area contributed by atoms with Gasteiger partial charge in [-0.05, 0) is 18.2 Å². The van der Waals surface area contributed by atoms with Gasteiger partial charge in [-0.25, -0.2) is 0 Å². The van der Waals surface area contributed by atoms with Crippen molar-refractivity contribution in [2.45, 2.75) is 52.0 Å². The number of unbranched alkanes of at least 4 members (excludes halogenated alkanes) is 1. The lowest BCUT2D eigenvalue weighted by molar-refractivity contribution is -0.144. The molecule has 1 heterocycles. The molecule has 0 aromatic carbocycles. The van der Waals surface area contributed by atoms with Gasteiger partial charge in [0.25, 0.3) is 0 Å². The average molecular weight is 271 g/mol. The number of rotatable bonds is 5. The third kappa shape index (κ3) is 3.66. The maximum Gasteiger partial charge on any atom is 0.230 e. The van der Waals surface area contributed by atoms with Gasteiger partial charge < -0.3 is 0 Å². The Bertz CT molecular complexity index is 364. The molecule has 0 unspecified atom stereocenters. The first-order valence-electron chi connectivity index (χ1n) is 6.04. The van der Waals surface area contributed by atoms with E-state index in [1.54, 1.807) is 0 Å². The van der Waals surface area contributed by atoms with Crippen molar-refractivity contribution in [3.63, 3.8) is 0 Å². The highest BCUT2D eigenvalue weighted by Crippen LogP contribution is 2.23. The summed E-state index contributed by atoms with van der Waals surface area (Å²) in [7, 11) is 0. The van der Waals surface area contributed by atoms with Gasteiger partial charge in [0, 0.05) is 19.8 Å². The van der Waals surface area contributed by atoms with Gasteiger partial charge >= 0.3 is 0 Å². The Morgan fingerprint density at radius 2 is 1.83 bits per heavy atom. The van der Waals surface area contributed by atoms with Crippen LogP contribution in [0.3, 0.4) is 0 Å². The van der Waals surface area contributed by atoms with Gasteiger partial charge in [-0.3, -0.25) is 24.1 Å². The predicted molar refractivity (Wildman–Crippen MR) is 67.7 cm³/mol. The van der Waals surface area contributed by atoms with Crippen molar-refractivity contribution in [3.8, 4) is 0 Å². The summed E-state index contributed by atoms with van der Waals surface area (Å²) >= 11 is 0.580. The summed E-state index contributed by atoms with van der Waals surface area (Å²) in [6.45, 7) is 3.26. The van der Waals surface area contributed by atoms with Gasteiger partial charge in [0.2, 0.25) is 16.9 Å². The Morgan fingerprint density at radius 1 is 1.28 bits per heavy atom.